The lowest BCUT2D eigenvalue weighted by Gasteiger charge is -2.34. The van der Waals surface area contributed by atoms with Crippen LogP contribution in [0.15, 0.2) is 77.8 Å². The van der Waals surface area contributed by atoms with Crippen LogP contribution in [0.3, 0.4) is 0 Å². The lowest BCUT2D eigenvalue weighted by atomic mass is 10.0. The second-order valence-corrected chi connectivity index (χ2v) is 10.5. The molecule has 0 amide bonds. The van der Waals surface area contributed by atoms with Crippen molar-refractivity contribution < 1.29 is 8.42 Å². The summed E-state index contributed by atoms with van der Waals surface area (Å²) in [5.74, 6) is 0.447. The summed E-state index contributed by atoms with van der Waals surface area (Å²) in [5, 5.41) is 4.13. The Bertz CT molecular complexity index is 1430. The Labute approximate surface area is 205 Å². The Morgan fingerprint density at radius 3 is 2.29 bits per heavy atom. The van der Waals surface area contributed by atoms with Crippen molar-refractivity contribution in [2.75, 3.05) is 50.5 Å². The van der Waals surface area contributed by atoms with E-state index in [0.29, 0.717) is 11.6 Å². The molecule has 0 radical (unpaired) electrons. The number of hydrogen-bond donors (Lipinski definition) is 2. The van der Waals surface area contributed by atoms with Gasteiger partial charge in [0.25, 0.3) is 0 Å². The van der Waals surface area contributed by atoms with Crippen LogP contribution in [0.5, 0.6) is 0 Å². The standard InChI is InChI=1S/C26H28N6O2S/c1-27-35(33,34)23-12-8-21(9-13-23)29-26-28-18-20-4-3-5-24(25(20)30-26)19-6-10-22(11-7-19)32-16-14-31(2)15-17-32/h3-13,18,27H,14-17H2,1-2H3,(H,28,29,30). The van der Waals surface area contributed by atoms with E-state index in [2.05, 4.69) is 62.2 Å². The van der Waals surface area contributed by atoms with Gasteiger partial charge < -0.3 is 15.1 Å². The zero-order valence-electron chi connectivity index (χ0n) is 19.8. The smallest absolute Gasteiger partial charge is 0.240 e. The van der Waals surface area contributed by atoms with Crippen LogP contribution in [0.2, 0.25) is 0 Å². The molecule has 2 N–H and O–H groups in total. The number of aromatic nitrogens is 2. The normalized spacial score (nSPS) is 14.9. The minimum Gasteiger partial charge on any atom is -0.369 e. The summed E-state index contributed by atoms with van der Waals surface area (Å²) in [7, 11) is 0.0729. The van der Waals surface area contributed by atoms with E-state index in [4.69, 9.17) is 4.98 Å². The predicted octanol–water partition coefficient (Wildman–Crippen LogP) is 3.70. The second kappa shape index (κ2) is 9.61. The molecule has 9 heteroatoms. The van der Waals surface area contributed by atoms with Gasteiger partial charge in [0.15, 0.2) is 0 Å². The Morgan fingerprint density at radius 1 is 0.886 bits per heavy atom. The molecule has 1 aliphatic heterocycles. The number of benzene rings is 3. The number of piperazine rings is 1. The Kier molecular flexibility index (Phi) is 6.38. The summed E-state index contributed by atoms with van der Waals surface area (Å²) in [6.45, 7) is 4.22. The molecule has 0 spiro atoms. The Balaban J connectivity index is 1.40. The molecule has 1 aromatic heterocycles. The molecule has 0 atom stereocenters. The average Bonchev–Trinajstić information content (AvgIpc) is 2.89. The molecule has 3 aromatic carbocycles. The van der Waals surface area contributed by atoms with Gasteiger partial charge in [-0.1, -0.05) is 30.3 Å². The molecule has 0 unspecified atom stereocenters. The topological polar surface area (TPSA) is 90.5 Å². The van der Waals surface area contributed by atoms with Crippen molar-refractivity contribution in [3.8, 4) is 11.1 Å². The molecule has 5 rings (SSSR count). The maximum Gasteiger partial charge on any atom is 0.240 e. The molecule has 0 aliphatic carbocycles. The van der Waals surface area contributed by atoms with Crippen LogP contribution < -0.4 is 14.9 Å². The minimum absolute atomic E-state index is 0.201. The molecular weight excluding hydrogens is 460 g/mol. The number of fused-ring (bicyclic) bond motifs is 1. The van der Waals surface area contributed by atoms with Crippen molar-refractivity contribution >= 4 is 38.2 Å². The van der Waals surface area contributed by atoms with E-state index in [-0.39, 0.29) is 4.90 Å². The summed E-state index contributed by atoms with van der Waals surface area (Å²) in [4.78, 5) is 14.2. The van der Waals surface area contributed by atoms with Crippen molar-refractivity contribution in [2.45, 2.75) is 4.90 Å². The predicted molar refractivity (Wildman–Crippen MR) is 141 cm³/mol. The molecular formula is C26H28N6O2S. The monoisotopic (exact) mass is 488 g/mol. The molecule has 0 saturated carbocycles. The highest BCUT2D eigenvalue weighted by Gasteiger charge is 2.15. The van der Waals surface area contributed by atoms with E-state index in [9.17, 15) is 8.42 Å². The number of rotatable bonds is 6. The fraction of sp³-hybridized carbons (Fsp3) is 0.231. The first-order valence-electron chi connectivity index (χ1n) is 11.5. The number of para-hydroxylation sites is 1. The van der Waals surface area contributed by atoms with Crippen LogP contribution in [0.25, 0.3) is 22.0 Å². The molecule has 0 bridgehead atoms. The summed E-state index contributed by atoms with van der Waals surface area (Å²) in [6.07, 6.45) is 1.80. The van der Waals surface area contributed by atoms with Crippen LogP contribution in [-0.4, -0.2) is 63.6 Å². The van der Waals surface area contributed by atoms with Crippen molar-refractivity contribution in [3.63, 3.8) is 0 Å². The first-order chi connectivity index (χ1) is 16.9. The number of nitrogens with zero attached hydrogens (tertiary/aromatic N) is 4. The Hall–Kier alpha value is -3.53. The first kappa shape index (κ1) is 23.2. The third-order valence-electron chi connectivity index (χ3n) is 6.35. The number of nitrogens with one attached hydrogen (secondary N) is 2. The zero-order chi connectivity index (χ0) is 24.4. The molecule has 35 heavy (non-hydrogen) atoms. The van der Waals surface area contributed by atoms with Crippen molar-refractivity contribution in [1.29, 1.82) is 0 Å². The van der Waals surface area contributed by atoms with Crippen molar-refractivity contribution in [3.05, 3.63) is 72.9 Å². The summed E-state index contributed by atoms with van der Waals surface area (Å²) in [6, 6.07) is 21.2. The van der Waals surface area contributed by atoms with E-state index in [1.165, 1.54) is 12.7 Å². The van der Waals surface area contributed by atoms with Crippen LogP contribution in [0, 0.1) is 0 Å². The molecule has 2 heterocycles. The minimum atomic E-state index is -3.48. The fourth-order valence-electron chi connectivity index (χ4n) is 4.23. The fourth-order valence-corrected chi connectivity index (χ4v) is 4.96. The van der Waals surface area contributed by atoms with Gasteiger partial charge in [-0.05, 0) is 56.1 Å². The summed E-state index contributed by atoms with van der Waals surface area (Å²) in [5.41, 5.74) is 4.93. The highest BCUT2D eigenvalue weighted by molar-refractivity contribution is 7.89. The van der Waals surface area contributed by atoms with Crippen molar-refractivity contribution in [1.82, 2.24) is 19.6 Å². The highest BCUT2D eigenvalue weighted by Crippen LogP contribution is 2.30. The van der Waals surface area contributed by atoms with Crippen molar-refractivity contribution in [2.24, 2.45) is 0 Å². The third kappa shape index (κ3) is 4.97. The van der Waals surface area contributed by atoms with Crippen LogP contribution in [0.1, 0.15) is 0 Å². The molecule has 1 fully saturated rings. The van der Waals surface area contributed by atoms with Gasteiger partial charge in [-0.25, -0.2) is 23.1 Å². The van der Waals surface area contributed by atoms with Gasteiger partial charge in [-0.15, -0.1) is 0 Å². The molecule has 1 aliphatic rings. The van der Waals surface area contributed by atoms with Gasteiger partial charge in [0.1, 0.15) is 0 Å². The molecule has 1 saturated heterocycles. The lowest BCUT2D eigenvalue weighted by Crippen LogP contribution is -2.44. The maximum atomic E-state index is 12.0. The zero-order valence-corrected chi connectivity index (χ0v) is 20.6. The molecule has 4 aromatic rings. The van der Waals surface area contributed by atoms with Gasteiger partial charge >= 0.3 is 0 Å². The third-order valence-corrected chi connectivity index (χ3v) is 7.78. The largest absolute Gasteiger partial charge is 0.369 e. The first-order valence-corrected chi connectivity index (χ1v) is 13.0. The van der Waals surface area contributed by atoms with E-state index >= 15 is 0 Å². The van der Waals surface area contributed by atoms with Crippen LogP contribution in [0.4, 0.5) is 17.3 Å². The maximum absolute atomic E-state index is 12.0. The highest BCUT2D eigenvalue weighted by atomic mass is 32.2. The van der Waals surface area contributed by atoms with E-state index in [1.807, 2.05) is 12.1 Å². The van der Waals surface area contributed by atoms with Gasteiger partial charge in [0.2, 0.25) is 16.0 Å². The van der Waals surface area contributed by atoms with Gasteiger partial charge in [-0.3, -0.25) is 0 Å². The summed E-state index contributed by atoms with van der Waals surface area (Å²) < 4.78 is 26.2. The quantitative estimate of drug-likeness (QED) is 0.428. The van der Waals surface area contributed by atoms with E-state index in [1.54, 1.807) is 30.5 Å². The SMILES string of the molecule is CNS(=O)(=O)c1ccc(Nc2ncc3cccc(-c4ccc(N5CCN(C)CC5)cc4)c3n2)cc1. The molecule has 180 valence electrons. The number of hydrogen-bond acceptors (Lipinski definition) is 7. The van der Waals surface area contributed by atoms with E-state index < -0.39 is 10.0 Å². The Morgan fingerprint density at radius 2 is 1.60 bits per heavy atom. The van der Waals surface area contributed by atoms with Gasteiger partial charge in [0, 0.05) is 54.7 Å². The summed E-state index contributed by atoms with van der Waals surface area (Å²) >= 11 is 0. The molecule has 8 nitrogen and oxygen atoms in total. The average molecular weight is 489 g/mol. The van der Waals surface area contributed by atoms with Crippen LogP contribution in [-0.2, 0) is 10.0 Å². The van der Waals surface area contributed by atoms with Gasteiger partial charge in [-0.2, -0.15) is 0 Å². The number of sulfonamides is 1. The number of likely N-dealkylation sites (N-methyl/N-ethyl adjacent to an activating group) is 1. The van der Waals surface area contributed by atoms with Gasteiger partial charge in [0.05, 0.1) is 10.4 Å². The second-order valence-electron chi connectivity index (χ2n) is 8.63. The van der Waals surface area contributed by atoms with Crippen LogP contribution >= 0.6 is 0 Å². The lowest BCUT2D eigenvalue weighted by molar-refractivity contribution is 0.313. The van der Waals surface area contributed by atoms with E-state index in [0.717, 1.165) is 48.2 Å². The number of anilines is 3.